The number of aromatic nitrogens is 1. The summed E-state index contributed by atoms with van der Waals surface area (Å²) in [7, 11) is 3.45. The normalized spacial score (nSPS) is 11.5. The Morgan fingerprint density at radius 2 is 2.14 bits per heavy atom. The first-order valence-electron chi connectivity index (χ1n) is 5.94. The summed E-state index contributed by atoms with van der Waals surface area (Å²) in [5.74, 6) is -0.955. The Hall–Kier alpha value is -2.08. The molecule has 1 aromatic carbocycles. The van der Waals surface area contributed by atoms with Gasteiger partial charge in [-0.25, -0.2) is 4.39 Å². The highest BCUT2D eigenvalue weighted by Crippen LogP contribution is 2.27. The Morgan fingerprint density at radius 1 is 1.48 bits per heavy atom. The number of nitriles is 1. The van der Waals surface area contributed by atoms with Gasteiger partial charge in [0.05, 0.1) is 34.1 Å². The van der Waals surface area contributed by atoms with Crippen LogP contribution in [0.1, 0.15) is 10.5 Å². The number of nitrogens with two attached hydrogens (primary N) is 1. The lowest BCUT2D eigenvalue weighted by Crippen LogP contribution is -2.10. The van der Waals surface area contributed by atoms with Crippen LogP contribution in [0.3, 0.4) is 0 Å². The predicted molar refractivity (Wildman–Crippen MR) is 87.4 cm³/mol. The first kappa shape index (κ1) is 15.3. The zero-order chi connectivity index (χ0) is 15.7. The highest BCUT2D eigenvalue weighted by molar-refractivity contribution is 14.1. The Balaban J connectivity index is 2.60. The second-order valence-electron chi connectivity index (χ2n) is 4.69. The average molecular weight is 398 g/mol. The van der Waals surface area contributed by atoms with Crippen LogP contribution in [0.4, 0.5) is 10.1 Å². The molecule has 0 amide bonds. The third kappa shape index (κ3) is 2.85. The second-order valence-corrected chi connectivity index (χ2v) is 5.66. The molecule has 0 aliphatic carbocycles. The van der Waals surface area contributed by atoms with Crippen LogP contribution in [0.15, 0.2) is 30.0 Å². The van der Waals surface area contributed by atoms with Gasteiger partial charge in [-0.05, 0) is 18.2 Å². The number of allylic oxidation sites excluding steroid dienone is 1. The summed E-state index contributed by atoms with van der Waals surface area (Å²) >= 11 is 1.93. The molecule has 5 nitrogen and oxygen atoms in total. The fourth-order valence-corrected chi connectivity index (χ4v) is 2.68. The van der Waals surface area contributed by atoms with E-state index < -0.39 is 11.6 Å². The van der Waals surface area contributed by atoms with Crippen LogP contribution in [-0.4, -0.2) is 27.6 Å². The zero-order valence-electron chi connectivity index (χ0n) is 11.4. The van der Waals surface area contributed by atoms with Crippen molar-refractivity contribution in [3.8, 4) is 6.07 Å². The molecule has 0 aliphatic rings. The molecule has 0 bridgehead atoms. The van der Waals surface area contributed by atoms with Crippen molar-refractivity contribution in [2.24, 2.45) is 0 Å². The van der Waals surface area contributed by atoms with Gasteiger partial charge in [0, 0.05) is 25.7 Å². The van der Waals surface area contributed by atoms with E-state index in [9.17, 15) is 9.18 Å². The molecule has 0 atom stereocenters. The van der Waals surface area contributed by atoms with E-state index in [2.05, 4.69) is 0 Å². The van der Waals surface area contributed by atoms with Gasteiger partial charge >= 0.3 is 0 Å². The molecule has 2 rings (SSSR count). The van der Waals surface area contributed by atoms with Gasteiger partial charge in [0.1, 0.15) is 23.2 Å². The smallest absolute Gasteiger partial charge is 0.222 e. The summed E-state index contributed by atoms with van der Waals surface area (Å²) in [4.78, 5) is 14.0. The van der Waals surface area contributed by atoms with E-state index in [1.54, 1.807) is 27.8 Å². The lowest BCUT2D eigenvalue weighted by molar-refractivity contribution is 0.103. The Kier molecular flexibility index (Phi) is 4.18. The number of carbonyl (C=O) groups excluding carboxylic acids is 1. The number of ketones is 1. The van der Waals surface area contributed by atoms with E-state index in [0.29, 0.717) is 16.6 Å². The maximum Gasteiger partial charge on any atom is 0.222 e. The van der Waals surface area contributed by atoms with Crippen LogP contribution < -0.4 is 5.73 Å². The molecule has 0 saturated heterocycles. The predicted octanol–water partition coefficient (Wildman–Crippen LogP) is 2.71. The van der Waals surface area contributed by atoms with Crippen molar-refractivity contribution in [3.05, 3.63) is 41.5 Å². The molecular weight excluding hydrogens is 386 g/mol. The minimum atomic E-state index is -0.534. The Labute approximate surface area is 134 Å². The number of hydrogen-bond donors (Lipinski definition) is 1. The quantitative estimate of drug-likeness (QED) is 0.284. The van der Waals surface area contributed by atoms with E-state index in [1.807, 2.05) is 28.9 Å². The van der Waals surface area contributed by atoms with Crippen molar-refractivity contribution < 1.29 is 9.18 Å². The lowest BCUT2D eigenvalue weighted by Gasteiger charge is -2.06. The van der Waals surface area contributed by atoms with Crippen molar-refractivity contribution in [2.75, 3.05) is 19.8 Å². The van der Waals surface area contributed by atoms with Gasteiger partial charge in [-0.3, -0.25) is 7.58 Å². The van der Waals surface area contributed by atoms with Gasteiger partial charge in [-0.1, -0.05) is 0 Å². The van der Waals surface area contributed by atoms with E-state index in [4.69, 9.17) is 11.0 Å². The third-order valence-corrected chi connectivity index (χ3v) is 3.89. The molecule has 1 heterocycles. The molecule has 2 N–H and O–H groups in total. The molecule has 0 fully saturated rings. The molecular formula is C14H12FIN4O. The van der Waals surface area contributed by atoms with Crippen LogP contribution in [0.5, 0.6) is 0 Å². The van der Waals surface area contributed by atoms with Gasteiger partial charge in [0.15, 0.2) is 0 Å². The number of benzene rings is 1. The molecule has 0 unspecified atom stereocenters. The second kappa shape index (κ2) is 5.73. The number of halogens is 2. The summed E-state index contributed by atoms with van der Waals surface area (Å²) in [6, 6.07) is 6.17. The summed E-state index contributed by atoms with van der Waals surface area (Å²) in [5.41, 5.74) is 6.49. The molecule has 21 heavy (non-hydrogen) atoms. The standard InChI is InChI=1S/C14H12FIN4O/c1-19(2)7-9(6-17)14(21)13-4-8-3-10(15)11(18)5-12(8)20(13)16/h3-5,7H,18H2,1-2H3/b9-7+. The summed E-state index contributed by atoms with van der Waals surface area (Å²) in [6.07, 6.45) is 1.45. The van der Waals surface area contributed by atoms with Gasteiger partial charge in [0.2, 0.25) is 5.78 Å². The van der Waals surface area contributed by atoms with Crippen molar-refractivity contribution >= 4 is 45.2 Å². The van der Waals surface area contributed by atoms with E-state index in [0.717, 1.165) is 0 Å². The van der Waals surface area contributed by atoms with Crippen LogP contribution in [0, 0.1) is 17.1 Å². The molecule has 0 saturated carbocycles. The van der Waals surface area contributed by atoms with Crippen molar-refractivity contribution in [3.63, 3.8) is 0 Å². The third-order valence-electron chi connectivity index (χ3n) is 2.85. The first-order chi connectivity index (χ1) is 9.85. The highest BCUT2D eigenvalue weighted by Gasteiger charge is 2.19. The molecule has 2 aromatic rings. The van der Waals surface area contributed by atoms with Gasteiger partial charge in [-0.15, -0.1) is 0 Å². The Morgan fingerprint density at radius 3 is 2.71 bits per heavy atom. The molecule has 0 spiro atoms. The van der Waals surface area contributed by atoms with Crippen LogP contribution >= 0.6 is 22.9 Å². The number of fused-ring (bicyclic) bond motifs is 1. The summed E-state index contributed by atoms with van der Waals surface area (Å²) in [5, 5.41) is 9.66. The fraction of sp³-hybridized carbons (Fsp3) is 0.143. The lowest BCUT2D eigenvalue weighted by atomic mass is 10.1. The molecule has 7 heteroatoms. The zero-order valence-corrected chi connectivity index (χ0v) is 13.6. The number of Topliss-reactive ketones (excluding diaryl/α,β-unsaturated/α-hetero) is 1. The van der Waals surface area contributed by atoms with Crippen LogP contribution in [0.25, 0.3) is 10.9 Å². The summed E-state index contributed by atoms with van der Waals surface area (Å²) < 4.78 is 15.1. The number of anilines is 1. The van der Waals surface area contributed by atoms with E-state index in [-0.39, 0.29) is 11.3 Å². The monoisotopic (exact) mass is 398 g/mol. The largest absolute Gasteiger partial charge is 0.396 e. The minimum absolute atomic E-state index is 0.00849. The highest BCUT2D eigenvalue weighted by atomic mass is 127. The van der Waals surface area contributed by atoms with Crippen molar-refractivity contribution in [1.82, 2.24) is 7.68 Å². The maximum absolute atomic E-state index is 13.5. The Bertz CT molecular complexity index is 801. The number of nitrogen functional groups attached to an aromatic ring is 1. The first-order valence-corrected chi connectivity index (χ1v) is 6.91. The van der Waals surface area contributed by atoms with E-state index in [1.165, 1.54) is 18.3 Å². The topological polar surface area (TPSA) is 75.1 Å². The SMILES string of the molecule is CN(C)/C=C(\C#N)C(=O)c1cc2cc(F)c(N)cc2n1I. The van der Waals surface area contributed by atoms with Crippen molar-refractivity contribution in [1.29, 1.82) is 5.26 Å². The number of rotatable bonds is 3. The summed E-state index contributed by atoms with van der Waals surface area (Å²) in [6.45, 7) is 0. The number of nitrogens with zero attached hydrogens (tertiary/aromatic N) is 3. The van der Waals surface area contributed by atoms with Gasteiger partial charge in [0.25, 0.3) is 0 Å². The maximum atomic E-state index is 13.5. The fourth-order valence-electron chi connectivity index (χ4n) is 1.90. The number of hydrogen-bond acceptors (Lipinski definition) is 4. The molecule has 0 aliphatic heterocycles. The molecule has 0 radical (unpaired) electrons. The van der Waals surface area contributed by atoms with Crippen LogP contribution in [-0.2, 0) is 0 Å². The van der Waals surface area contributed by atoms with Gasteiger partial charge in [-0.2, -0.15) is 5.26 Å². The average Bonchev–Trinajstić information content (AvgIpc) is 2.73. The van der Waals surface area contributed by atoms with E-state index >= 15 is 0 Å². The van der Waals surface area contributed by atoms with Gasteiger partial charge < -0.3 is 10.6 Å². The minimum Gasteiger partial charge on any atom is -0.396 e. The molecule has 1 aromatic heterocycles. The molecule has 108 valence electrons. The van der Waals surface area contributed by atoms with Crippen molar-refractivity contribution in [2.45, 2.75) is 0 Å². The van der Waals surface area contributed by atoms with Crippen LogP contribution in [0.2, 0.25) is 0 Å². The number of carbonyl (C=O) groups is 1.